The van der Waals surface area contributed by atoms with E-state index in [0.29, 0.717) is 0 Å². The number of aromatic nitrogens is 4. The maximum absolute atomic E-state index is 5.95. The number of hydrogen-bond acceptors (Lipinski definition) is 8. The molecule has 0 fully saturated rings. The molecule has 0 bridgehead atoms. The fourth-order valence-electron chi connectivity index (χ4n) is 1.04. The van der Waals surface area contributed by atoms with Gasteiger partial charge in [0.05, 0.1) is 47.8 Å². The normalized spacial score (nSPS) is 11.1. The van der Waals surface area contributed by atoms with E-state index in [0.717, 1.165) is 24.1 Å². The van der Waals surface area contributed by atoms with E-state index in [-0.39, 0.29) is 31.7 Å². The SMILES string of the molecule is ClOSc1nc(Cl)c2nc(SOCl)nc(Cl)c2n1. The highest BCUT2D eigenvalue weighted by molar-refractivity contribution is 7.95. The van der Waals surface area contributed by atoms with Crippen LogP contribution in [0.5, 0.6) is 0 Å². The van der Waals surface area contributed by atoms with Crippen LogP contribution in [-0.4, -0.2) is 19.9 Å². The van der Waals surface area contributed by atoms with E-state index >= 15 is 0 Å². The minimum Gasteiger partial charge on any atom is -0.215 e. The first-order chi connectivity index (χ1) is 8.65. The molecule has 0 aliphatic rings. The Morgan fingerprint density at radius 1 is 0.722 bits per heavy atom. The van der Waals surface area contributed by atoms with Crippen LogP contribution < -0.4 is 0 Å². The monoisotopic (exact) mass is 364 g/mol. The van der Waals surface area contributed by atoms with Gasteiger partial charge in [0.25, 0.3) is 0 Å². The van der Waals surface area contributed by atoms with Crippen molar-refractivity contribution in [3.63, 3.8) is 0 Å². The number of halogens is 4. The Morgan fingerprint density at radius 2 is 1.11 bits per heavy atom. The van der Waals surface area contributed by atoms with Crippen molar-refractivity contribution in [1.29, 1.82) is 0 Å². The second-order valence-corrected chi connectivity index (χ2v) is 5.37. The molecular formula is C6Cl4N4O2S2. The molecule has 0 saturated heterocycles. The molecule has 2 rings (SSSR count). The summed E-state index contributed by atoms with van der Waals surface area (Å²) in [5.41, 5.74) is 0.540. The second-order valence-electron chi connectivity index (χ2n) is 2.58. The summed E-state index contributed by atoms with van der Waals surface area (Å²) in [5, 5.41) is 0.526. The lowest BCUT2D eigenvalue weighted by Gasteiger charge is -2.04. The van der Waals surface area contributed by atoms with E-state index in [4.69, 9.17) is 46.9 Å². The minimum absolute atomic E-state index is 0.0805. The van der Waals surface area contributed by atoms with Gasteiger partial charge >= 0.3 is 0 Å². The molecule has 0 aliphatic carbocycles. The molecule has 0 unspecified atom stereocenters. The first-order valence-electron chi connectivity index (χ1n) is 3.97. The molecule has 12 heteroatoms. The molecule has 0 amide bonds. The maximum Gasteiger partial charge on any atom is 0.219 e. The lowest BCUT2D eigenvalue weighted by Crippen LogP contribution is -1.96. The minimum atomic E-state index is 0.0805. The van der Waals surface area contributed by atoms with Crippen molar-refractivity contribution in [2.75, 3.05) is 0 Å². The van der Waals surface area contributed by atoms with Crippen LogP contribution in [0.3, 0.4) is 0 Å². The summed E-state index contributed by atoms with van der Waals surface area (Å²) in [5.74, 6) is 0. The largest absolute Gasteiger partial charge is 0.219 e. The van der Waals surface area contributed by atoms with Gasteiger partial charge in [-0.05, 0) is 0 Å². The Kier molecular flexibility index (Phi) is 5.34. The van der Waals surface area contributed by atoms with Crippen LogP contribution in [0.2, 0.25) is 10.3 Å². The Balaban J connectivity index is 2.60. The van der Waals surface area contributed by atoms with Gasteiger partial charge in [0.1, 0.15) is 11.0 Å². The van der Waals surface area contributed by atoms with Gasteiger partial charge < -0.3 is 0 Å². The average molecular weight is 366 g/mol. The maximum atomic E-state index is 5.95. The summed E-state index contributed by atoms with van der Waals surface area (Å²) in [6.45, 7) is 0. The molecule has 2 aromatic heterocycles. The molecule has 6 nitrogen and oxygen atoms in total. The van der Waals surface area contributed by atoms with Crippen LogP contribution in [0, 0.1) is 0 Å². The van der Waals surface area contributed by atoms with E-state index < -0.39 is 0 Å². The van der Waals surface area contributed by atoms with Gasteiger partial charge in [-0.3, -0.25) is 0 Å². The van der Waals surface area contributed by atoms with E-state index in [9.17, 15) is 0 Å². The summed E-state index contributed by atoms with van der Waals surface area (Å²) < 4.78 is 8.63. The van der Waals surface area contributed by atoms with Gasteiger partial charge in [-0.2, -0.15) is 7.47 Å². The third kappa shape index (κ3) is 3.20. The van der Waals surface area contributed by atoms with Crippen LogP contribution in [-0.2, 0) is 7.47 Å². The highest BCUT2D eigenvalue weighted by Crippen LogP contribution is 2.29. The molecule has 0 N–H and O–H groups in total. The summed E-state index contributed by atoms with van der Waals surface area (Å²) >= 11 is 23.5. The predicted octanol–water partition coefficient (Wildman–Crippen LogP) is 4.08. The summed E-state index contributed by atoms with van der Waals surface area (Å²) in [6.07, 6.45) is 0. The summed E-state index contributed by atoms with van der Waals surface area (Å²) in [7, 11) is 0. The Labute approximate surface area is 129 Å². The molecule has 0 saturated carbocycles. The molecule has 96 valence electrons. The number of nitrogens with zero attached hydrogens (tertiary/aromatic N) is 4. The van der Waals surface area contributed by atoms with Gasteiger partial charge in [-0.1, -0.05) is 23.2 Å². The zero-order valence-electron chi connectivity index (χ0n) is 7.93. The van der Waals surface area contributed by atoms with E-state index in [1.54, 1.807) is 0 Å². The van der Waals surface area contributed by atoms with Gasteiger partial charge in [-0.15, -0.1) is 0 Å². The van der Waals surface area contributed by atoms with Gasteiger partial charge in [-0.25, -0.2) is 19.9 Å². The number of rotatable bonds is 4. The quantitative estimate of drug-likeness (QED) is 0.456. The lowest BCUT2D eigenvalue weighted by atomic mass is 10.4. The summed E-state index contributed by atoms with van der Waals surface area (Å²) in [6, 6.07) is 0. The third-order valence-electron chi connectivity index (χ3n) is 1.63. The molecule has 0 spiro atoms. The number of hydrogen-bond donors (Lipinski definition) is 0. The fraction of sp³-hybridized carbons (Fsp3) is 0. The smallest absolute Gasteiger partial charge is 0.215 e. The third-order valence-corrected chi connectivity index (χ3v) is 3.32. The molecule has 0 radical (unpaired) electrons. The van der Waals surface area contributed by atoms with Crippen LogP contribution in [0.1, 0.15) is 0 Å². The highest BCUT2D eigenvalue weighted by atomic mass is 35.5. The first kappa shape index (κ1) is 14.6. The average Bonchev–Trinajstić information content (AvgIpc) is 2.32. The first-order valence-corrected chi connectivity index (χ1v) is 6.82. The van der Waals surface area contributed by atoms with Crippen molar-refractivity contribution in [3.8, 4) is 0 Å². The zero-order chi connectivity index (χ0) is 13.1. The van der Waals surface area contributed by atoms with Crippen LogP contribution in [0.4, 0.5) is 0 Å². The van der Waals surface area contributed by atoms with E-state index in [1.807, 2.05) is 0 Å². The molecule has 0 atom stereocenters. The zero-order valence-corrected chi connectivity index (χ0v) is 12.6. The van der Waals surface area contributed by atoms with Crippen molar-refractivity contribution in [2.45, 2.75) is 10.3 Å². The Morgan fingerprint density at radius 3 is 1.44 bits per heavy atom. The molecule has 0 aromatic carbocycles. The van der Waals surface area contributed by atoms with Crippen LogP contribution >= 0.6 is 71.0 Å². The van der Waals surface area contributed by atoms with E-state index in [1.165, 1.54) is 0 Å². The van der Waals surface area contributed by atoms with Crippen molar-refractivity contribution in [2.24, 2.45) is 0 Å². The van der Waals surface area contributed by atoms with Crippen molar-refractivity contribution in [1.82, 2.24) is 19.9 Å². The van der Waals surface area contributed by atoms with Crippen molar-refractivity contribution in [3.05, 3.63) is 10.3 Å². The van der Waals surface area contributed by atoms with Crippen LogP contribution in [0.25, 0.3) is 11.0 Å². The van der Waals surface area contributed by atoms with Crippen molar-refractivity contribution < 1.29 is 7.47 Å². The molecule has 18 heavy (non-hydrogen) atoms. The molecular weight excluding hydrogens is 366 g/mol. The molecule has 0 aliphatic heterocycles. The van der Waals surface area contributed by atoms with Crippen LogP contribution in [0.15, 0.2) is 10.3 Å². The predicted molar refractivity (Wildman–Crippen MR) is 70.7 cm³/mol. The Bertz CT molecular complexity index is 538. The topological polar surface area (TPSA) is 70.0 Å². The highest BCUT2D eigenvalue weighted by Gasteiger charge is 2.15. The van der Waals surface area contributed by atoms with Gasteiger partial charge in [0.2, 0.25) is 10.3 Å². The lowest BCUT2D eigenvalue weighted by molar-refractivity contribution is 0.712. The molecule has 2 aromatic rings. The summed E-state index contributed by atoms with van der Waals surface area (Å²) in [4.78, 5) is 15.9. The standard InChI is InChI=1S/C6Cl4N4O2S2/c7-3-1-2(12-6(13-3)18-16-10)4(8)14-5(11-1)17-15-9. The fourth-order valence-corrected chi connectivity index (χ4v) is 2.53. The Hall–Kier alpha value is 0.200. The van der Waals surface area contributed by atoms with Gasteiger partial charge in [0, 0.05) is 0 Å². The second kappa shape index (κ2) is 6.58. The van der Waals surface area contributed by atoms with Gasteiger partial charge in [0.15, 0.2) is 10.3 Å². The van der Waals surface area contributed by atoms with E-state index in [2.05, 4.69) is 27.4 Å². The number of fused-ring (bicyclic) bond motifs is 1. The van der Waals surface area contributed by atoms with Crippen molar-refractivity contribution >= 4 is 82.1 Å². The molecule has 2 heterocycles.